The third kappa shape index (κ3) is 8.46. The molecule has 2 aliphatic heterocycles. The van der Waals surface area contributed by atoms with Crippen molar-refractivity contribution in [2.75, 3.05) is 71.9 Å². The smallest absolute Gasteiger partial charge is 0.291 e. The Morgan fingerprint density at radius 1 is 1.06 bits per heavy atom. The van der Waals surface area contributed by atoms with E-state index in [0.29, 0.717) is 56.3 Å². The molecular formula is C36H43ClF2N8O4. The predicted octanol–water partition coefficient (Wildman–Crippen LogP) is 4.22. The van der Waals surface area contributed by atoms with Crippen molar-refractivity contribution in [3.8, 4) is 11.3 Å². The highest BCUT2D eigenvalue weighted by Gasteiger charge is 2.31. The van der Waals surface area contributed by atoms with Gasteiger partial charge in [0.2, 0.25) is 5.91 Å². The molecule has 272 valence electrons. The van der Waals surface area contributed by atoms with Crippen LogP contribution in [0.5, 0.6) is 0 Å². The number of anilines is 1. The molecule has 0 saturated carbocycles. The van der Waals surface area contributed by atoms with Crippen molar-refractivity contribution in [3.05, 3.63) is 75.8 Å². The molecule has 3 amide bonds. The Hall–Kier alpha value is -4.66. The molecule has 2 fully saturated rings. The summed E-state index contributed by atoms with van der Waals surface area (Å²) < 4.78 is 37.5. The number of carbonyl (C=O) groups is 3. The number of ether oxygens (including phenoxy) is 1. The van der Waals surface area contributed by atoms with E-state index >= 15 is 8.78 Å². The van der Waals surface area contributed by atoms with E-state index in [-0.39, 0.29) is 51.0 Å². The Bertz CT molecular complexity index is 1830. The summed E-state index contributed by atoms with van der Waals surface area (Å²) >= 11 is 6.52. The van der Waals surface area contributed by atoms with Crippen molar-refractivity contribution >= 4 is 46.8 Å². The largest absolute Gasteiger partial charge is 0.386 e. The summed E-state index contributed by atoms with van der Waals surface area (Å²) in [5, 5.41) is 9.26. The number of rotatable bonds is 11. The number of halogens is 3. The molecule has 12 nitrogen and oxygen atoms in total. The highest BCUT2D eigenvalue weighted by Crippen LogP contribution is 2.31. The molecule has 3 heterocycles. The van der Waals surface area contributed by atoms with Crippen LogP contribution in [0.15, 0.2) is 47.2 Å². The number of nitrogens with zero attached hydrogens (tertiary/aromatic N) is 5. The SMILES string of the molecule is C/N=C\C(=C(\C)NCCOC)c1ccc(-c2cnc(C(=O)Nc3ccc(C(=O)N4CCN(C(=O)C5CCNCC5)CC4)c(Cl)c3)n2C)c(F)c1F. The second-order valence-electron chi connectivity index (χ2n) is 12.5. The lowest BCUT2D eigenvalue weighted by molar-refractivity contribution is -0.137. The highest BCUT2D eigenvalue weighted by atomic mass is 35.5. The van der Waals surface area contributed by atoms with Gasteiger partial charge in [0.05, 0.1) is 29.1 Å². The number of hydrogen-bond donors (Lipinski definition) is 3. The number of allylic oxidation sites excluding steroid dienone is 2. The third-order valence-corrected chi connectivity index (χ3v) is 9.54. The van der Waals surface area contributed by atoms with Crippen LogP contribution >= 0.6 is 11.6 Å². The Morgan fingerprint density at radius 3 is 2.41 bits per heavy atom. The lowest BCUT2D eigenvalue weighted by Crippen LogP contribution is -2.52. The molecule has 3 aromatic rings. The first kappa shape index (κ1) is 37.6. The Morgan fingerprint density at radius 2 is 1.75 bits per heavy atom. The van der Waals surface area contributed by atoms with Gasteiger partial charge in [0.15, 0.2) is 17.5 Å². The minimum atomic E-state index is -1.10. The van der Waals surface area contributed by atoms with Gasteiger partial charge in [-0.05, 0) is 57.1 Å². The summed E-state index contributed by atoms with van der Waals surface area (Å²) in [4.78, 5) is 51.2. The molecule has 1 aromatic heterocycles. The average molecular weight is 725 g/mol. The Labute approximate surface area is 300 Å². The average Bonchev–Trinajstić information content (AvgIpc) is 3.52. The van der Waals surface area contributed by atoms with E-state index in [1.54, 1.807) is 32.0 Å². The van der Waals surface area contributed by atoms with E-state index in [1.807, 2.05) is 4.90 Å². The quantitative estimate of drug-likeness (QED) is 0.199. The first-order valence-corrected chi connectivity index (χ1v) is 17.2. The molecule has 0 unspecified atom stereocenters. The Kier molecular flexibility index (Phi) is 12.6. The molecule has 2 aromatic carbocycles. The van der Waals surface area contributed by atoms with Crippen LogP contribution in [-0.4, -0.2) is 110 Å². The lowest BCUT2D eigenvalue weighted by Gasteiger charge is -2.37. The predicted molar refractivity (Wildman–Crippen MR) is 193 cm³/mol. The molecule has 0 radical (unpaired) electrons. The number of carbonyl (C=O) groups excluding carboxylic acids is 3. The topological polar surface area (TPSA) is 133 Å². The number of piperazine rings is 1. The molecule has 3 N–H and O–H groups in total. The molecule has 0 bridgehead atoms. The van der Waals surface area contributed by atoms with E-state index in [9.17, 15) is 14.4 Å². The van der Waals surface area contributed by atoms with Crippen molar-refractivity contribution in [3.63, 3.8) is 0 Å². The van der Waals surface area contributed by atoms with E-state index in [0.717, 1.165) is 25.9 Å². The maximum atomic E-state index is 15.6. The number of imidazole rings is 1. The van der Waals surface area contributed by atoms with Gasteiger partial charge in [-0.3, -0.25) is 19.4 Å². The minimum absolute atomic E-state index is 0.0215. The zero-order valence-electron chi connectivity index (χ0n) is 29.2. The molecule has 0 spiro atoms. The van der Waals surface area contributed by atoms with Crippen LogP contribution in [0, 0.1) is 17.6 Å². The molecule has 15 heteroatoms. The maximum Gasteiger partial charge on any atom is 0.291 e. The number of nitrogens with one attached hydrogen (secondary N) is 3. The second kappa shape index (κ2) is 17.0. The van der Waals surface area contributed by atoms with E-state index in [2.05, 4.69) is 25.9 Å². The van der Waals surface area contributed by atoms with Gasteiger partial charge in [-0.2, -0.15) is 0 Å². The molecule has 5 rings (SSSR count). The molecule has 0 aliphatic carbocycles. The fourth-order valence-electron chi connectivity index (χ4n) is 6.34. The number of amides is 3. The van der Waals surface area contributed by atoms with Crippen LogP contribution < -0.4 is 16.0 Å². The van der Waals surface area contributed by atoms with Crippen LogP contribution in [-0.2, 0) is 16.6 Å². The van der Waals surface area contributed by atoms with Crippen LogP contribution in [0.25, 0.3) is 16.8 Å². The normalized spacial score (nSPS) is 16.0. The van der Waals surface area contributed by atoms with Crippen molar-refractivity contribution in [2.45, 2.75) is 19.8 Å². The van der Waals surface area contributed by atoms with Crippen molar-refractivity contribution in [1.82, 2.24) is 30.0 Å². The van der Waals surface area contributed by atoms with Gasteiger partial charge in [0, 0.05) is 94.1 Å². The second-order valence-corrected chi connectivity index (χ2v) is 12.9. The maximum absolute atomic E-state index is 15.6. The lowest BCUT2D eigenvalue weighted by atomic mass is 9.96. The highest BCUT2D eigenvalue weighted by molar-refractivity contribution is 6.34. The molecule has 51 heavy (non-hydrogen) atoms. The van der Waals surface area contributed by atoms with Gasteiger partial charge in [0.25, 0.3) is 11.8 Å². The van der Waals surface area contributed by atoms with E-state index < -0.39 is 17.5 Å². The monoisotopic (exact) mass is 724 g/mol. The van der Waals surface area contributed by atoms with Gasteiger partial charge in [0.1, 0.15) is 0 Å². The molecule has 2 aliphatic rings. The summed E-state index contributed by atoms with van der Waals surface area (Å²) in [6.07, 6.45) is 4.40. The van der Waals surface area contributed by atoms with E-state index in [1.165, 1.54) is 48.3 Å². The molecule has 2 saturated heterocycles. The van der Waals surface area contributed by atoms with E-state index in [4.69, 9.17) is 16.3 Å². The fraction of sp³-hybridized carbons (Fsp3) is 0.417. The first-order valence-electron chi connectivity index (χ1n) is 16.8. The van der Waals surface area contributed by atoms with Gasteiger partial charge >= 0.3 is 0 Å². The van der Waals surface area contributed by atoms with Crippen LogP contribution in [0.1, 0.15) is 46.3 Å². The number of benzene rings is 2. The van der Waals surface area contributed by atoms with Crippen LogP contribution in [0.4, 0.5) is 14.5 Å². The fourth-order valence-corrected chi connectivity index (χ4v) is 6.60. The third-order valence-electron chi connectivity index (χ3n) is 9.22. The van der Waals surface area contributed by atoms with Gasteiger partial charge in [-0.15, -0.1) is 0 Å². The van der Waals surface area contributed by atoms with Gasteiger partial charge in [-0.25, -0.2) is 13.8 Å². The van der Waals surface area contributed by atoms with Crippen LogP contribution in [0.2, 0.25) is 5.02 Å². The number of methoxy groups -OCH3 is 1. The van der Waals surface area contributed by atoms with Crippen LogP contribution in [0.3, 0.4) is 0 Å². The van der Waals surface area contributed by atoms with Crippen molar-refractivity contribution < 1.29 is 27.9 Å². The van der Waals surface area contributed by atoms with Crippen molar-refractivity contribution in [1.29, 1.82) is 0 Å². The standard InChI is InChI=1S/C36H43ClF2N8O4/c1-22(42-13-18-51-4)28(20-40-2)25-7-8-27(32(39)31(25)38)30-21-43-33(45(30)3)34(48)44-24-5-6-26(29(37)19-24)36(50)47-16-14-46(15-17-47)35(49)23-9-11-41-12-10-23/h5-8,19-21,23,41-42H,9-18H2,1-4H3,(H,44,48)/b28-22+,40-20-. The molecular weight excluding hydrogens is 682 g/mol. The number of hydrogen-bond acceptors (Lipinski definition) is 8. The number of piperidine rings is 1. The number of aromatic nitrogens is 2. The van der Waals surface area contributed by atoms with Crippen molar-refractivity contribution in [2.24, 2.45) is 18.0 Å². The number of aliphatic imine (C=N–C) groups is 1. The first-order chi connectivity index (χ1) is 24.5. The van der Waals surface area contributed by atoms with Gasteiger partial charge in [-0.1, -0.05) is 17.7 Å². The summed E-state index contributed by atoms with van der Waals surface area (Å²) in [5.74, 6) is -2.93. The minimum Gasteiger partial charge on any atom is -0.386 e. The summed E-state index contributed by atoms with van der Waals surface area (Å²) in [5.41, 5.74) is 1.70. The summed E-state index contributed by atoms with van der Waals surface area (Å²) in [7, 11) is 4.63. The Balaban J connectivity index is 1.25. The summed E-state index contributed by atoms with van der Waals surface area (Å²) in [6, 6.07) is 7.45. The zero-order chi connectivity index (χ0) is 36.7. The van der Waals surface area contributed by atoms with Gasteiger partial charge < -0.3 is 35.1 Å². The zero-order valence-corrected chi connectivity index (χ0v) is 29.9. The molecule has 0 atom stereocenters. The summed E-state index contributed by atoms with van der Waals surface area (Å²) in [6.45, 7) is 6.05.